The van der Waals surface area contributed by atoms with Crippen molar-refractivity contribution in [3.63, 3.8) is 0 Å². The molecule has 0 unspecified atom stereocenters. The second-order valence-electron chi connectivity index (χ2n) is 4.95. The number of aryl methyl sites for hydroxylation is 1. The minimum atomic E-state index is 0.594. The molecule has 1 aromatic carbocycles. The molecule has 0 N–H and O–H groups in total. The van der Waals surface area contributed by atoms with Gasteiger partial charge in [0.2, 0.25) is 0 Å². The summed E-state index contributed by atoms with van der Waals surface area (Å²) in [4.78, 5) is 2.32. The molecule has 0 aromatic heterocycles. The summed E-state index contributed by atoms with van der Waals surface area (Å²) in [6, 6.07) is 8.03. The van der Waals surface area contributed by atoms with E-state index in [2.05, 4.69) is 31.7 Å². The third kappa shape index (κ3) is 4.05. The van der Waals surface area contributed by atoms with Gasteiger partial charge in [-0.25, -0.2) is 0 Å². The van der Waals surface area contributed by atoms with Crippen molar-refractivity contribution in [2.75, 3.05) is 31.7 Å². The van der Waals surface area contributed by atoms with Gasteiger partial charge in [0.1, 0.15) is 0 Å². The summed E-state index contributed by atoms with van der Waals surface area (Å²) < 4.78 is 5.17. The second kappa shape index (κ2) is 7.03. The highest BCUT2D eigenvalue weighted by molar-refractivity contribution is 5.56. The van der Waals surface area contributed by atoms with Gasteiger partial charge in [-0.1, -0.05) is 13.8 Å². The molecule has 0 atom stereocenters. The second-order valence-corrected chi connectivity index (χ2v) is 4.95. The van der Waals surface area contributed by atoms with E-state index < -0.39 is 0 Å². The van der Waals surface area contributed by atoms with Gasteiger partial charge in [0.25, 0.3) is 0 Å². The number of rotatable bonds is 6. The minimum absolute atomic E-state index is 0.594. The van der Waals surface area contributed by atoms with Crippen molar-refractivity contribution >= 4 is 5.69 Å². The maximum absolute atomic E-state index is 8.89. The first-order valence-electron chi connectivity index (χ1n) is 6.33. The van der Waals surface area contributed by atoms with Crippen molar-refractivity contribution in [2.45, 2.75) is 20.8 Å². The third-order valence-corrected chi connectivity index (χ3v) is 2.82. The number of anilines is 1. The largest absolute Gasteiger partial charge is 0.383 e. The molecule has 0 fully saturated rings. The molecule has 3 heteroatoms. The lowest BCUT2D eigenvalue weighted by Gasteiger charge is -2.28. The van der Waals surface area contributed by atoms with Crippen molar-refractivity contribution in [2.24, 2.45) is 5.92 Å². The molecule has 0 saturated carbocycles. The van der Waals surface area contributed by atoms with Gasteiger partial charge in [-0.3, -0.25) is 0 Å². The molecule has 0 aliphatic rings. The van der Waals surface area contributed by atoms with Gasteiger partial charge in [0, 0.05) is 25.9 Å². The average Bonchev–Trinajstić information content (AvgIpc) is 2.34. The van der Waals surface area contributed by atoms with E-state index in [9.17, 15) is 0 Å². The van der Waals surface area contributed by atoms with E-state index in [0.29, 0.717) is 18.1 Å². The van der Waals surface area contributed by atoms with Gasteiger partial charge < -0.3 is 9.64 Å². The zero-order valence-corrected chi connectivity index (χ0v) is 11.7. The Bertz CT molecular complexity index is 421. The first-order valence-corrected chi connectivity index (χ1v) is 6.33. The Balaban J connectivity index is 2.93. The van der Waals surface area contributed by atoms with Crippen LogP contribution in [0.25, 0.3) is 0 Å². The van der Waals surface area contributed by atoms with Crippen LogP contribution in [-0.4, -0.2) is 26.8 Å². The Morgan fingerprint density at radius 2 is 2.11 bits per heavy atom. The van der Waals surface area contributed by atoms with E-state index >= 15 is 0 Å². The van der Waals surface area contributed by atoms with Crippen LogP contribution in [0.3, 0.4) is 0 Å². The van der Waals surface area contributed by atoms with Crippen LogP contribution in [0.1, 0.15) is 25.0 Å². The number of hydrogen-bond acceptors (Lipinski definition) is 3. The molecule has 0 amide bonds. The molecule has 0 saturated heterocycles. The van der Waals surface area contributed by atoms with Crippen LogP contribution < -0.4 is 4.90 Å². The molecule has 0 bridgehead atoms. The predicted octanol–water partition coefficient (Wildman–Crippen LogP) is 2.98. The zero-order chi connectivity index (χ0) is 13.5. The van der Waals surface area contributed by atoms with E-state index in [1.165, 1.54) is 5.69 Å². The fourth-order valence-corrected chi connectivity index (χ4v) is 2.03. The van der Waals surface area contributed by atoms with Crippen LogP contribution in [-0.2, 0) is 4.74 Å². The minimum Gasteiger partial charge on any atom is -0.383 e. The Morgan fingerprint density at radius 3 is 2.61 bits per heavy atom. The number of nitriles is 1. The van der Waals surface area contributed by atoms with Crippen molar-refractivity contribution in [3.8, 4) is 6.07 Å². The maximum Gasteiger partial charge on any atom is 0.0991 e. The predicted molar refractivity (Wildman–Crippen MR) is 74.8 cm³/mol. The van der Waals surface area contributed by atoms with Crippen molar-refractivity contribution in [1.82, 2.24) is 0 Å². The summed E-state index contributed by atoms with van der Waals surface area (Å²) in [5.74, 6) is 0.594. The average molecular weight is 246 g/mol. The van der Waals surface area contributed by atoms with E-state index in [1.807, 2.05) is 18.2 Å². The van der Waals surface area contributed by atoms with E-state index in [4.69, 9.17) is 10.00 Å². The van der Waals surface area contributed by atoms with Crippen molar-refractivity contribution < 1.29 is 4.74 Å². The molecule has 1 aromatic rings. The summed E-state index contributed by atoms with van der Waals surface area (Å²) >= 11 is 0. The van der Waals surface area contributed by atoms with Crippen LogP contribution in [0.2, 0.25) is 0 Å². The molecule has 0 heterocycles. The fraction of sp³-hybridized carbons (Fsp3) is 0.533. The zero-order valence-electron chi connectivity index (χ0n) is 11.7. The van der Waals surface area contributed by atoms with E-state index in [0.717, 1.165) is 18.7 Å². The summed E-state index contributed by atoms with van der Waals surface area (Å²) in [6.45, 7) is 9.05. The molecule has 18 heavy (non-hydrogen) atoms. The smallest absolute Gasteiger partial charge is 0.0991 e. The topological polar surface area (TPSA) is 36.3 Å². The summed E-state index contributed by atoms with van der Waals surface area (Å²) in [5.41, 5.74) is 3.05. The highest BCUT2D eigenvalue weighted by atomic mass is 16.5. The van der Waals surface area contributed by atoms with Crippen LogP contribution in [0.5, 0.6) is 0 Å². The third-order valence-electron chi connectivity index (χ3n) is 2.82. The standard InChI is InChI=1S/C15H22N2O/c1-12(2)11-17(7-8-18-4)15-6-5-14(10-16)9-13(15)3/h5-6,9,12H,7-8,11H2,1-4H3. The Kier molecular flexibility index (Phi) is 5.67. The molecule has 0 aliphatic carbocycles. The molecule has 3 nitrogen and oxygen atoms in total. The van der Waals surface area contributed by atoms with Crippen LogP contribution in [0.15, 0.2) is 18.2 Å². The lowest BCUT2D eigenvalue weighted by atomic mass is 10.1. The molecular formula is C15H22N2O. The molecular weight excluding hydrogens is 224 g/mol. The van der Waals surface area contributed by atoms with E-state index in [-0.39, 0.29) is 0 Å². The van der Waals surface area contributed by atoms with E-state index in [1.54, 1.807) is 7.11 Å². The van der Waals surface area contributed by atoms with Gasteiger partial charge in [-0.15, -0.1) is 0 Å². The first kappa shape index (κ1) is 14.5. The van der Waals surface area contributed by atoms with Crippen LogP contribution in [0.4, 0.5) is 5.69 Å². The van der Waals surface area contributed by atoms with Crippen molar-refractivity contribution in [1.29, 1.82) is 5.26 Å². The lowest BCUT2D eigenvalue weighted by molar-refractivity contribution is 0.204. The maximum atomic E-state index is 8.89. The van der Waals surface area contributed by atoms with Gasteiger partial charge in [-0.05, 0) is 36.6 Å². The number of methoxy groups -OCH3 is 1. The van der Waals surface area contributed by atoms with Gasteiger partial charge >= 0.3 is 0 Å². The first-order chi connectivity index (χ1) is 8.58. The fourth-order valence-electron chi connectivity index (χ4n) is 2.03. The number of ether oxygens (including phenoxy) is 1. The molecule has 0 spiro atoms. The number of hydrogen-bond donors (Lipinski definition) is 0. The molecule has 1 rings (SSSR count). The van der Waals surface area contributed by atoms with Crippen LogP contribution in [0, 0.1) is 24.2 Å². The summed E-state index contributed by atoms with van der Waals surface area (Å²) in [5, 5.41) is 8.89. The monoisotopic (exact) mass is 246 g/mol. The summed E-state index contributed by atoms with van der Waals surface area (Å²) in [6.07, 6.45) is 0. The van der Waals surface area contributed by atoms with Crippen LogP contribution >= 0.6 is 0 Å². The highest BCUT2D eigenvalue weighted by Gasteiger charge is 2.11. The van der Waals surface area contributed by atoms with Crippen molar-refractivity contribution in [3.05, 3.63) is 29.3 Å². The summed E-state index contributed by atoms with van der Waals surface area (Å²) in [7, 11) is 1.72. The Labute approximate surface area is 110 Å². The number of benzene rings is 1. The van der Waals surface area contributed by atoms with Gasteiger partial charge in [-0.2, -0.15) is 5.26 Å². The van der Waals surface area contributed by atoms with Gasteiger partial charge in [0.05, 0.1) is 18.2 Å². The molecule has 98 valence electrons. The normalized spacial score (nSPS) is 10.4. The quantitative estimate of drug-likeness (QED) is 0.774. The Morgan fingerprint density at radius 1 is 1.39 bits per heavy atom. The molecule has 0 aliphatic heterocycles. The van der Waals surface area contributed by atoms with Gasteiger partial charge in [0.15, 0.2) is 0 Å². The molecule has 0 radical (unpaired) electrons. The SMILES string of the molecule is COCCN(CC(C)C)c1ccc(C#N)cc1C. The lowest BCUT2D eigenvalue weighted by Crippen LogP contribution is -2.31. The number of nitrogens with zero attached hydrogens (tertiary/aromatic N) is 2. The highest BCUT2D eigenvalue weighted by Crippen LogP contribution is 2.22. The Hall–Kier alpha value is -1.53.